The summed E-state index contributed by atoms with van der Waals surface area (Å²) in [6.07, 6.45) is 0.596. The zero-order valence-corrected chi connectivity index (χ0v) is 13.8. The summed E-state index contributed by atoms with van der Waals surface area (Å²) in [5, 5.41) is 14.0. The highest BCUT2D eigenvalue weighted by atomic mass is 35.5. The number of fused-ring (bicyclic) bond motifs is 3. The van der Waals surface area contributed by atoms with Gasteiger partial charge in [-0.1, -0.05) is 11.6 Å². The first-order chi connectivity index (χ1) is 11.4. The maximum atomic E-state index is 11.0. The van der Waals surface area contributed by atoms with E-state index in [0.717, 1.165) is 0 Å². The van der Waals surface area contributed by atoms with Crippen LogP contribution in [0.1, 0.15) is 5.82 Å². The van der Waals surface area contributed by atoms with Gasteiger partial charge in [0.1, 0.15) is 11.3 Å². The van der Waals surface area contributed by atoms with E-state index >= 15 is 0 Å². The molecule has 124 valence electrons. The minimum Gasteiger partial charge on any atom is -0.465 e. The van der Waals surface area contributed by atoms with Gasteiger partial charge in [-0.05, 0) is 13.0 Å². The van der Waals surface area contributed by atoms with Crippen molar-refractivity contribution >= 4 is 40.3 Å². The van der Waals surface area contributed by atoms with Crippen molar-refractivity contribution in [2.75, 3.05) is 25.0 Å². The van der Waals surface area contributed by atoms with Crippen LogP contribution in [0.5, 0.6) is 0 Å². The molecule has 0 aromatic carbocycles. The third kappa shape index (κ3) is 2.20. The highest BCUT2D eigenvalue weighted by molar-refractivity contribution is 6.31. The summed E-state index contributed by atoms with van der Waals surface area (Å²) in [5.74, 6) is 1.26. The maximum absolute atomic E-state index is 11.0. The number of carboxylic acid groups (broad SMARTS) is 1. The topological polar surface area (TPSA) is 99.8 Å². The average Bonchev–Trinajstić information content (AvgIpc) is 2.88. The molecule has 1 amide bonds. The molecule has 0 spiro atoms. The van der Waals surface area contributed by atoms with Crippen LogP contribution in [0, 0.1) is 6.92 Å². The second-order valence-corrected chi connectivity index (χ2v) is 6.21. The highest BCUT2D eigenvalue weighted by Crippen LogP contribution is 2.28. The molecule has 0 aliphatic carbocycles. The van der Waals surface area contributed by atoms with Crippen molar-refractivity contribution in [3.05, 3.63) is 23.1 Å². The molecule has 1 N–H and O–H groups in total. The Morgan fingerprint density at radius 3 is 2.88 bits per heavy atom. The number of nitrogens with zero attached hydrogens (tertiary/aromatic N) is 7. The molecule has 1 aliphatic heterocycles. The van der Waals surface area contributed by atoms with Crippen molar-refractivity contribution in [1.29, 1.82) is 0 Å². The monoisotopic (exact) mass is 347 g/mol. The number of carbonyl (C=O) groups is 1. The Kier molecular flexibility index (Phi) is 3.20. The lowest BCUT2D eigenvalue weighted by Crippen LogP contribution is -2.60. The van der Waals surface area contributed by atoms with Crippen molar-refractivity contribution < 1.29 is 9.90 Å². The van der Waals surface area contributed by atoms with Crippen molar-refractivity contribution in [2.24, 2.45) is 0 Å². The van der Waals surface area contributed by atoms with Gasteiger partial charge in [0.2, 0.25) is 0 Å². The largest absolute Gasteiger partial charge is 0.465 e. The summed E-state index contributed by atoms with van der Waals surface area (Å²) >= 11 is 6.03. The van der Waals surface area contributed by atoms with Crippen LogP contribution in [0.2, 0.25) is 5.02 Å². The number of hydrogen-bond acceptors (Lipinski definition) is 6. The van der Waals surface area contributed by atoms with Gasteiger partial charge in [-0.25, -0.2) is 24.3 Å². The fraction of sp³-hybridized carbons (Fsp3) is 0.357. The summed E-state index contributed by atoms with van der Waals surface area (Å²) < 4.78 is 1.68. The SMILES string of the molecule is Cc1nc2c(N3CC(N(C)C(=O)O)C3)nc3ncc(Cl)cc3n2n1. The van der Waals surface area contributed by atoms with Crippen LogP contribution in [0.25, 0.3) is 16.8 Å². The summed E-state index contributed by atoms with van der Waals surface area (Å²) in [6, 6.07) is 1.68. The molecule has 4 heterocycles. The zero-order chi connectivity index (χ0) is 17.0. The Labute approximate surface area is 141 Å². The second kappa shape index (κ2) is 5.17. The molecule has 3 aromatic heterocycles. The van der Waals surface area contributed by atoms with E-state index < -0.39 is 6.09 Å². The predicted octanol–water partition coefficient (Wildman–Crippen LogP) is 1.43. The standard InChI is InChI=1S/C14H14ClN7O2/c1-7-17-13-12(21-5-9(6-21)20(2)14(23)24)18-11-10(22(13)19-7)3-8(15)4-16-11/h3-4,9H,5-6H2,1-2H3,(H,23,24). The van der Waals surface area contributed by atoms with Crippen LogP contribution in [-0.2, 0) is 0 Å². The molecule has 0 unspecified atom stereocenters. The van der Waals surface area contributed by atoms with Crippen LogP contribution in [0.15, 0.2) is 12.3 Å². The number of likely N-dealkylation sites (N-methyl/N-ethyl adjacent to an activating group) is 1. The molecule has 0 bridgehead atoms. The van der Waals surface area contributed by atoms with E-state index in [1.165, 1.54) is 11.1 Å². The minimum atomic E-state index is -0.939. The summed E-state index contributed by atoms with van der Waals surface area (Å²) in [5.41, 5.74) is 1.81. The second-order valence-electron chi connectivity index (χ2n) is 5.78. The van der Waals surface area contributed by atoms with E-state index in [0.29, 0.717) is 46.6 Å². The quantitative estimate of drug-likeness (QED) is 0.748. The number of rotatable bonds is 2. The lowest BCUT2D eigenvalue weighted by atomic mass is 10.1. The predicted molar refractivity (Wildman–Crippen MR) is 87.6 cm³/mol. The molecule has 0 saturated carbocycles. The number of anilines is 1. The minimum absolute atomic E-state index is 0.0674. The van der Waals surface area contributed by atoms with E-state index in [2.05, 4.69) is 20.1 Å². The first-order valence-electron chi connectivity index (χ1n) is 7.33. The van der Waals surface area contributed by atoms with Gasteiger partial charge < -0.3 is 14.9 Å². The lowest BCUT2D eigenvalue weighted by molar-refractivity contribution is 0.130. The van der Waals surface area contributed by atoms with Crippen LogP contribution < -0.4 is 4.90 Å². The highest BCUT2D eigenvalue weighted by Gasteiger charge is 2.35. The molecule has 3 aromatic rings. The molecule has 9 nitrogen and oxygen atoms in total. The smallest absolute Gasteiger partial charge is 0.407 e. The van der Waals surface area contributed by atoms with Gasteiger partial charge in [-0.3, -0.25) is 0 Å². The first-order valence-corrected chi connectivity index (χ1v) is 7.71. The third-order valence-corrected chi connectivity index (χ3v) is 4.38. The van der Waals surface area contributed by atoms with E-state index in [4.69, 9.17) is 16.7 Å². The maximum Gasteiger partial charge on any atom is 0.407 e. The normalized spacial score (nSPS) is 15.0. The molecule has 24 heavy (non-hydrogen) atoms. The number of aromatic nitrogens is 5. The number of halogens is 1. The third-order valence-electron chi connectivity index (χ3n) is 4.18. The van der Waals surface area contributed by atoms with E-state index in [-0.39, 0.29) is 6.04 Å². The van der Waals surface area contributed by atoms with Gasteiger partial charge >= 0.3 is 6.09 Å². The molecule has 1 saturated heterocycles. The fourth-order valence-electron chi connectivity index (χ4n) is 2.78. The van der Waals surface area contributed by atoms with Gasteiger partial charge in [-0.2, -0.15) is 5.10 Å². The van der Waals surface area contributed by atoms with Gasteiger partial charge in [0.05, 0.1) is 11.1 Å². The zero-order valence-electron chi connectivity index (χ0n) is 13.0. The van der Waals surface area contributed by atoms with Crippen molar-refractivity contribution in [1.82, 2.24) is 29.5 Å². The summed E-state index contributed by atoms with van der Waals surface area (Å²) in [7, 11) is 1.57. The van der Waals surface area contributed by atoms with Crippen LogP contribution >= 0.6 is 11.6 Å². The van der Waals surface area contributed by atoms with E-state index in [9.17, 15) is 4.79 Å². The lowest BCUT2D eigenvalue weighted by Gasteiger charge is -2.43. The first kappa shape index (κ1) is 14.9. The number of aryl methyl sites for hydroxylation is 1. The van der Waals surface area contributed by atoms with Crippen molar-refractivity contribution in [2.45, 2.75) is 13.0 Å². The van der Waals surface area contributed by atoms with Crippen molar-refractivity contribution in [3.63, 3.8) is 0 Å². The Hall–Kier alpha value is -2.68. The molecular weight excluding hydrogens is 334 g/mol. The Bertz CT molecular complexity index is 967. The van der Waals surface area contributed by atoms with Gasteiger partial charge in [-0.15, -0.1) is 0 Å². The van der Waals surface area contributed by atoms with E-state index in [1.807, 2.05) is 4.90 Å². The molecule has 1 fully saturated rings. The average molecular weight is 348 g/mol. The van der Waals surface area contributed by atoms with Crippen LogP contribution in [0.4, 0.5) is 10.6 Å². The molecule has 4 rings (SSSR count). The van der Waals surface area contributed by atoms with Gasteiger partial charge in [0.25, 0.3) is 0 Å². The number of pyridine rings is 1. The fourth-order valence-corrected chi connectivity index (χ4v) is 2.94. The summed E-state index contributed by atoms with van der Waals surface area (Å²) in [4.78, 5) is 27.6. The Morgan fingerprint density at radius 2 is 2.17 bits per heavy atom. The molecule has 10 heteroatoms. The van der Waals surface area contributed by atoms with Crippen LogP contribution in [0.3, 0.4) is 0 Å². The molecule has 0 atom stereocenters. The molecule has 1 aliphatic rings. The van der Waals surface area contributed by atoms with Crippen LogP contribution in [-0.4, -0.2) is 66.8 Å². The molecule has 0 radical (unpaired) electrons. The Morgan fingerprint density at radius 1 is 1.42 bits per heavy atom. The van der Waals surface area contributed by atoms with E-state index in [1.54, 1.807) is 24.6 Å². The van der Waals surface area contributed by atoms with Gasteiger partial charge in [0.15, 0.2) is 17.1 Å². The Balaban J connectivity index is 1.78. The van der Waals surface area contributed by atoms with Gasteiger partial charge in [0, 0.05) is 26.3 Å². The van der Waals surface area contributed by atoms with Crippen molar-refractivity contribution in [3.8, 4) is 0 Å². The number of amides is 1. The summed E-state index contributed by atoms with van der Waals surface area (Å²) in [6.45, 7) is 2.91. The number of hydrogen-bond donors (Lipinski definition) is 1. The molecular formula is C14H14ClN7O2.